The number of aryl methyl sites for hydroxylation is 2. The van der Waals surface area contributed by atoms with Gasteiger partial charge in [-0.05, 0) is 43.9 Å². The quantitative estimate of drug-likeness (QED) is 0.851. The largest absolute Gasteiger partial charge is 0.367 e. The van der Waals surface area contributed by atoms with E-state index in [0.29, 0.717) is 17.6 Å². The summed E-state index contributed by atoms with van der Waals surface area (Å²) >= 11 is 0. The van der Waals surface area contributed by atoms with Crippen molar-refractivity contribution in [3.63, 3.8) is 0 Å². The fourth-order valence-electron chi connectivity index (χ4n) is 3.23. The third-order valence-corrected chi connectivity index (χ3v) is 4.65. The summed E-state index contributed by atoms with van der Waals surface area (Å²) in [6.07, 6.45) is 7.12. The molecule has 25 heavy (non-hydrogen) atoms. The zero-order valence-electron chi connectivity index (χ0n) is 15.0. The lowest BCUT2D eigenvalue weighted by molar-refractivity contribution is 0.102. The van der Waals surface area contributed by atoms with E-state index >= 15 is 0 Å². The van der Waals surface area contributed by atoms with E-state index in [9.17, 15) is 4.79 Å². The van der Waals surface area contributed by atoms with E-state index < -0.39 is 0 Å². The molecule has 1 aliphatic rings. The summed E-state index contributed by atoms with van der Waals surface area (Å²) in [4.78, 5) is 21.3. The van der Waals surface area contributed by atoms with Gasteiger partial charge in [0.15, 0.2) is 0 Å². The first kappa shape index (κ1) is 17.4. The highest BCUT2D eigenvalue weighted by molar-refractivity contribution is 6.03. The second kappa shape index (κ2) is 8.10. The van der Waals surface area contributed by atoms with Crippen LogP contribution in [0.2, 0.25) is 0 Å². The number of amides is 1. The zero-order valence-corrected chi connectivity index (χ0v) is 15.0. The number of carbonyl (C=O) groups excluding carboxylic acids is 1. The molecule has 0 unspecified atom stereocenters. The maximum atomic E-state index is 12.5. The highest BCUT2D eigenvalue weighted by Crippen LogP contribution is 2.21. The van der Waals surface area contributed by atoms with Crippen molar-refractivity contribution in [3.05, 3.63) is 47.4 Å². The first-order chi connectivity index (χ1) is 12.1. The van der Waals surface area contributed by atoms with E-state index in [0.717, 1.165) is 30.8 Å². The zero-order chi connectivity index (χ0) is 17.6. The summed E-state index contributed by atoms with van der Waals surface area (Å²) in [5, 5.41) is 6.38. The minimum Gasteiger partial charge on any atom is -0.367 e. The molecule has 2 N–H and O–H groups in total. The van der Waals surface area contributed by atoms with Gasteiger partial charge in [0.25, 0.3) is 5.91 Å². The van der Waals surface area contributed by atoms with Gasteiger partial charge < -0.3 is 10.6 Å². The Bertz CT molecular complexity index is 721. The number of carbonyl (C=O) groups is 1. The minimum atomic E-state index is -0.207. The summed E-state index contributed by atoms with van der Waals surface area (Å²) < 4.78 is 0. The van der Waals surface area contributed by atoms with Crippen LogP contribution in [0.25, 0.3) is 0 Å². The van der Waals surface area contributed by atoms with Gasteiger partial charge in [0.2, 0.25) is 0 Å². The van der Waals surface area contributed by atoms with E-state index in [1.165, 1.54) is 24.8 Å². The normalized spacial score (nSPS) is 15.0. The molecule has 0 spiro atoms. The van der Waals surface area contributed by atoms with E-state index in [1.54, 1.807) is 6.07 Å². The first-order valence-electron chi connectivity index (χ1n) is 9.16. The molecular formula is C20H26N4O. The lowest BCUT2D eigenvalue weighted by Crippen LogP contribution is -2.24. The van der Waals surface area contributed by atoms with E-state index in [-0.39, 0.29) is 5.91 Å². The van der Waals surface area contributed by atoms with Crippen molar-refractivity contribution in [2.24, 2.45) is 0 Å². The van der Waals surface area contributed by atoms with E-state index in [4.69, 9.17) is 0 Å². The smallest absolute Gasteiger partial charge is 0.274 e. The Balaban J connectivity index is 1.70. The SMILES string of the molecule is CCc1ccc(NC(=O)c2cc(NC3CCCCC3)nc(C)n2)cc1. The monoisotopic (exact) mass is 338 g/mol. The van der Waals surface area contributed by atoms with Crippen LogP contribution < -0.4 is 10.6 Å². The number of nitrogens with one attached hydrogen (secondary N) is 2. The van der Waals surface area contributed by atoms with Crippen LogP contribution in [0.5, 0.6) is 0 Å². The number of hydrogen-bond donors (Lipinski definition) is 2. The molecule has 3 rings (SSSR count). The van der Waals surface area contributed by atoms with Gasteiger partial charge in [0.05, 0.1) is 0 Å². The number of anilines is 2. The van der Waals surface area contributed by atoms with Crippen LogP contribution in [0.15, 0.2) is 30.3 Å². The molecule has 5 heteroatoms. The van der Waals surface area contributed by atoms with Crippen molar-refractivity contribution < 1.29 is 4.79 Å². The topological polar surface area (TPSA) is 66.9 Å². The maximum absolute atomic E-state index is 12.5. The number of benzene rings is 1. The predicted octanol–water partition coefficient (Wildman–Crippen LogP) is 4.34. The molecule has 0 atom stereocenters. The van der Waals surface area contributed by atoms with Crippen molar-refractivity contribution in [1.29, 1.82) is 0 Å². The van der Waals surface area contributed by atoms with Gasteiger partial charge in [0, 0.05) is 17.8 Å². The highest BCUT2D eigenvalue weighted by atomic mass is 16.1. The van der Waals surface area contributed by atoms with Crippen LogP contribution in [0, 0.1) is 6.92 Å². The average molecular weight is 338 g/mol. The molecular weight excluding hydrogens is 312 g/mol. The Kier molecular flexibility index (Phi) is 5.64. The third kappa shape index (κ3) is 4.78. The molecule has 1 amide bonds. The van der Waals surface area contributed by atoms with Crippen LogP contribution >= 0.6 is 0 Å². The molecule has 1 aliphatic carbocycles. The lowest BCUT2D eigenvalue weighted by Gasteiger charge is -2.23. The van der Waals surface area contributed by atoms with Gasteiger partial charge >= 0.3 is 0 Å². The van der Waals surface area contributed by atoms with Crippen molar-refractivity contribution in [2.45, 2.75) is 58.4 Å². The van der Waals surface area contributed by atoms with E-state index in [1.807, 2.05) is 31.2 Å². The maximum Gasteiger partial charge on any atom is 0.274 e. The van der Waals surface area contributed by atoms with Crippen molar-refractivity contribution in [3.8, 4) is 0 Å². The molecule has 0 radical (unpaired) electrons. The van der Waals surface area contributed by atoms with Crippen LogP contribution in [-0.2, 0) is 6.42 Å². The number of nitrogens with zero attached hydrogens (tertiary/aromatic N) is 2. The molecule has 0 saturated heterocycles. The molecule has 1 heterocycles. The van der Waals surface area contributed by atoms with Gasteiger partial charge in [-0.25, -0.2) is 9.97 Å². The first-order valence-corrected chi connectivity index (χ1v) is 9.16. The Labute approximate surface area is 149 Å². The summed E-state index contributed by atoms with van der Waals surface area (Å²) in [7, 11) is 0. The van der Waals surface area contributed by atoms with Crippen molar-refractivity contribution in [1.82, 2.24) is 9.97 Å². The van der Waals surface area contributed by atoms with Crippen molar-refractivity contribution >= 4 is 17.4 Å². The molecule has 1 saturated carbocycles. The standard InChI is InChI=1S/C20H26N4O/c1-3-15-9-11-17(12-10-15)24-20(25)18-13-19(22-14(2)21-18)23-16-7-5-4-6-8-16/h9-13,16H,3-8H2,1-2H3,(H,24,25)(H,21,22,23). The Morgan fingerprint density at radius 2 is 1.84 bits per heavy atom. The molecule has 0 aliphatic heterocycles. The van der Waals surface area contributed by atoms with Crippen LogP contribution in [0.4, 0.5) is 11.5 Å². The number of aromatic nitrogens is 2. The molecule has 1 aromatic carbocycles. The Morgan fingerprint density at radius 3 is 2.52 bits per heavy atom. The summed E-state index contributed by atoms with van der Waals surface area (Å²) in [5.74, 6) is 1.14. The average Bonchev–Trinajstić information content (AvgIpc) is 2.62. The molecule has 1 aromatic heterocycles. The van der Waals surface area contributed by atoms with Crippen LogP contribution in [0.3, 0.4) is 0 Å². The minimum absolute atomic E-state index is 0.207. The molecule has 5 nitrogen and oxygen atoms in total. The second-order valence-corrected chi connectivity index (χ2v) is 6.67. The summed E-state index contributed by atoms with van der Waals surface area (Å²) in [5.41, 5.74) is 2.42. The van der Waals surface area contributed by atoms with Gasteiger partial charge in [-0.3, -0.25) is 4.79 Å². The Hall–Kier alpha value is -2.43. The van der Waals surface area contributed by atoms with Gasteiger partial charge in [0.1, 0.15) is 17.3 Å². The second-order valence-electron chi connectivity index (χ2n) is 6.67. The van der Waals surface area contributed by atoms with Crippen LogP contribution in [-0.4, -0.2) is 21.9 Å². The fraction of sp³-hybridized carbons (Fsp3) is 0.450. The highest BCUT2D eigenvalue weighted by Gasteiger charge is 2.16. The van der Waals surface area contributed by atoms with Gasteiger partial charge in [-0.1, -0.05) is 38.3 Å². The number of hydrogen-bond acceptors (Lipinski definition) is 4. The predicted molar refractivity (Wildman–Crippen MR) is 101 cm³/mol. The molecule has 132 valence electrons. The van der Waals surface area contributed by atoms with E-state index in [2.05, 4.69) is 27.5 Å². The summed E-state index contributed by atoms with van der Waals surface area (Å²) in [6.45, 7) is 3.93. The molecule has 1 fully saturated rings. The molecule has 0 bridgehead atoms. The van der Waals surface area contributed by atoms with Gasteiger partial charge in [-0.15, -0.1) is 0 Å². The number of rotatable bonds is 5. The fourth-order valence-corrected chi connectivity index (χ4v) is 3.23. The van der Waals surface area contributed by atoms with Gasteiger partial charge in [-0.2, -0.15) is 0 Å². The van der Waals surface area contributed by atoms with Crippen molar-refractivity contribution in [2.75, 3.05) is 10.6 Å². The van der Waals surface area contributed by atoms with Crippen LogP contribution in [0.1, 0.15) is 60.9 Å². The Morgan fingerprint density at radius 1 is 1.12 bits per heavy atom. The molecule has 2 aromatic rings. The third-order valence-electron chi connectivity index (χ3n) is 4.65. The lowest BCUT2D eigenvalue weighted by atomic mass is 9.95. The summed E-state index contributed by atoms with van der Waals surface area (Å²) in [6, 6.07) is 10.1.